The topological polar surface area (TPSA) is 35.5 Å². The van der Waals surface area contributed by atoms with Crippen molar-refractivity contribution < 1.29 is 18.3 Å². The van der Waals surface area contributed by atoms with Crippen LogP contribution < -0.4 is 5.32 Å². The number of benzene rings is 1. The minimum Gasteiger partial charge on any atom is -0.508 e. The van der Waals surface area contributed by atoms with E-state index in [1.54, 1.807) is 13.8 Å². The van der Waals surface area contributed by atoms with E-state index in [4.69, 9.17) is 0 Å². The van der Waals surface area contributed by atoms with Gasteiger partial charge >= 0.3 is 6.18 Å². The highest BCUT2D eigenvalue weighted by Crippen LogP contribution is 2.38. The Kier molecular flexibility index (Phi) is 6.52. The Morgan fingerprint density at radius 3 is 2.14 bits per heavy atom. The van der Waals surface area contributed by atoms with Crippen LogP contribution in [-0.4, -0.2) is 42.4 Å². The normalized spacial score (nSPS) is 17.9. The predicted molar refractivity (Wildman–Crippen MR) is 82.7 cm³/mol. The lowest BCUT2D eigenvalue weighted by atomic mass is 9.92. The molecule has 22 heavy (non-hydrogen) atoms. The molecule has 1 atom stereocenters. The summed E-state index contributed by atoms with van der Waals surface area (Å²) in [6, 6.07) is 2.38. The number of hydrogen-bond acceptors (Lipinski definition) is 3. The molecule has 1 aliphatic heterocycles. The van der Waals surface area contributed by atoms with Gasteiger partial charge in [0.15, 0.2) is 0 Å². The van der Waals surface area contributed by atoms with E-state index in [1.165, 1.54) is 12.1 Å². The number of halogens is 4. The molecule has 0 unspecified atom stereocenters. The first kappa shape index (κ1) is 19.1. The first-order valence-electron chi connectivity index (χ1n) is 7.09. The van der Waals surface area contributed by atoms with Crippen molar-refractivity contribution >= 4 is 12.4 Å². The third-order valence-electron chi connectivity index (χ3n) is 3.93. The molecule has 7 heteroatoms. The quantitative estimate of drug-likeness (QED) is 0.887. The number of alkyl halides is 3. The number of nitrogens with zero attached hydrogens (tertiary/aromatic N) is 1. The van der Waals surface area contributed by atoms with Crippen molar-refractivity contribution in [3.8, 4) is 5.75 Å². The zero-order valence-electron chi connectivity index (χ0n) is 12.7. The minimum absolute atomic E-state index is 0. The van der Waals surface area contributed by atoms with Gasteiger partial charge in [-0.2, -0.15) is 13.2 Å². The monoisotopic (exact) mass is 338 g/mol. The maximum atomic E-state index is 13.0. The first-order valence-corrected chi connectivity index (χ1v) is 7.09. The van der Waals surface area contributed by atoms with Crippen LogP contribution in [0, 0.1) is 13.8 Å². The average molecular weight is 339 g/mol. The van der Waals surface area contributed by atoms with Crippen molar-refractivity contribution in [1.29, 1.82) is 0 Å². The third-order valence-corrected chi connectivity index (χ3v) is 3.93. The van der Waals surface area contributed by atoms with Crippen molar-refractivity contribution in [2.24, 2.45) is 0 Å². The van der Waals surface area contributed by atoms with Crippen LogP contribution in [0.25, 0.3) is 0 Å². The van der Waals surface area contributed by atoms with Gasteiger partial charge in [0.25, 0.3) is 0 Å². The van der Waals surface area contributed by atoms with Crippen molar-refractivity contribution in [3.05, 3.63) is 28.8 Å². The Morgan fingerprint density at radius 2 is 1.68 bits per heavy atom. The molecule has 1 aromatic rings. The Morgan fingerprint density at radius 1 is 1.18 bits per heavy atom. The molecule has 0 aliphatic carbocycles. The summed E-state index contributed by atoms with van der Waals surface area (Å²) in [6.45, 7) is 6.11. The summed E-state index contributed by atoms with van der Waals surface area (Å²) in [5.41, 5.74) is 2.10. The smallest absolute Gasteiger partial charge is 0.390 e. The Labute approximate surface area is 134 Å². The summed E-state index contributed by atoms with van der Waals surface area (Å²) in [6.07, 6.45) is -5.08. The summed E-state index contributed by atoms with van der Waals surface area (Å²) in [7, 11) is 0. The number of aromatic hydroxyl groups is 1. The molecular weight excluding hydrogens is 317 g/mol. The second-order valence-corrected chi connectivity index (χ2v) is 5.61. The van der Waals surface area contributed by atoms with Gasteiger partial charge in [0.05, 0.1) is 6.42 Å². The van der Waals surface area contributed by atoms with E-state index in [0.717, 1.165) is 0 Å². The van der Waals surface area contributed by atoms with Crippen molar-refractivity contribution in [1.82, 2.24) is 10.2 Å². The highest BCUT2D eigenvalue weighted by Gasteiger charge is 2.37. The molecule has 0 saturated carbocycles. The molecule has 1 aromatic carbocycles. The highest BCUT2D eigenvalue weighted by atomic mass is 35.5. The highest BCUT2D eigenvalue weighted by molar-refractivity contribution is 5.85. The maximum absolute atomic E-state index is 13.0. The van der Waals surface area contributed by atoms with E-state index in [1.807, 2.05) is 4.90 Å². The summed E-state index contributed by atoms with van der Waals surface area (Å²) >= 11 is 0. The van der Waals surface area contributed by atoms with Crippen LogP contribution in [0.4, 0.5) is 13.2 Å². The molecule has 0 spiro atoms. The van der Waals surface area contributed by atoms with Gasteiger partial charge in [-0.05, 0) is 42.7 Å². The Balaban J connectivity index is 0.00000242. The summed E-state index contributed by atoms with van der Waals surface area (Å²) in [5.74, 6) is 0.0971. The molecule has 3 nitrogen and oxygen atoms in total. The lowest BCUT2D eigenvalue weighted by molar-refractivity contribution is -0.148. The SMILES string of the molecule is Cc1cc(O)cc(C)c1[C@@H](CC(F)(F)F)N1CCNCC1.Cl. The van der Waals surface area contributed by atoms with E-state index in [-0.39, 0.29) is 18.2 Å². The second-order valence-electron chi connectivity index (χ2n) is 5.61. The van der Waals surface area contributed by atoms with Crippen LogP contribution in [0.1, 0.15) is 29.2 Å². The molecule has 0 bridgehead atoms. The third kappa shape index (κ3) is 4.76. The lowest BCUT2D eigenvalue weighted by Gasteiger charge is -2.37. The molecule has 2 rings (SSSR count). The van der Waals surface area contributed by atoms with Crippen molar-refractivity contribution in [3.63, 3.8) is 0 Å². The standard InChI is InChI=1S/C15H21F3N2O.ClH/c1-10-7-12(21)8-11(2)14(10)13(9-15(16,17)18)20-5-3-19-4-6-20;/h7-8,13,19,21H,3-6,9H2,1-2H3;1H/t13-;/m1./s1. The molecule has 0 radical (unpaired) electrons. The van der Waals surface area contributed by atoms with Gasteiger partial charge in [0.2, 0.25) is 0 Å². The van der Waals surface area contributed by atoms with E-state index >= 15 is 0 Å². The van der Waals surface area contributed by atoms with E-state index in [0.29, 0.717) is 42.9 Å². The summed E-state index contributed by atoms with van der Waals surface area (Å²) in [5, 5.41) is 12.8. The van der Waals surface area contributed by atoms with Crippen molar-refractivity contribution in [2.75, 3.05) is 26.2 Å². The van der Waals surface area contributed by atoms with Gasteiger partial charge in [-0.3, -0.25) is 4.90 Å². The van der Waals surface area contributed by atoms with Crippen LogP contribution in [0.15, 0.2) is 12.1 Å². The van der Waals surface area contributed by atoms with Crippen LogP contribution in [0.2, 0.25) is 0 Å². The Bertz CT molecular complexity index is 479. The number of piperazine rings is 1. The minimum atomic E-state index is -4.22. The lowest BCUT2D eigenvalue weighted by Crippen LogP contribution is -2.46. The average Bonchev–Trinajstić information content (AvgIpc) is 2.36. The fourth-order valence-electron chi connectivity index (χ4n) is 3.10. The molecular formula is C15H22ClF3N2O. The number of hydrogen-bond donors (Lipinski definition) is 2. The number of aryl methyl sites for hydroxylation is 2. The number of phenols is 1. The molecule has 1 heterocycles. The zero-order valence-corrected chi connectivity index (χ0v) is 13.5. The number of nitrogens with one attached hydrogen (secondary N) is 1. The van der Waals surface area contributed by atoms with E-state index in [9.17, 15) is 18.3 Å². The fraction of sp³-hybridized carbons (Fsp3) is 0.600. The molecule has 2 N–H and O–H groups in total. The Hall–Kier alpha value is -0.980. The molecule has 0 aromatic heterocycles. The van der Waals surface area contributed by atoms with Gasteiger partial charge in [-0.15, -0.1) is 12.4 Å². The van der Waals surface area contributed by atoms with Gasteiger partial charge in [-0.25, -0.2) is 0 Å². The molecule has 0 amide bonds. The fourth-order valence-corrected chi connectivity index (χ4v) is 3.10. The van der Waals surface area contributed by atoms with Gasteiger partial charge in [0.1, 0.15) is 5.75 Å². The maximum Gasteiger partial charge on any atom is 0.390 e. The summed E-state index contributed by atoms with van der Waals surface area (Å²) in [4.78, 5) is 1.89. The van der Waals surface area contributed by atoms with E-state index < -0.39 is 18.6 Å². The zero-order chi connectivity index (χ0) is 15.6. The molecule has 1 saturated heterocycles. The first-order chi connectivity index (χ1) is 9.78. The summed E-state index contributed by atoms with van der Waals surface area (Å²) < 4.78 is 39.0. The predicted octanol–water partition coefficient (Wildman–Crippen LogP) is 3.33. The number of rotatable bonds is 3. The molecule has 1 aliphatic rings. The van der Waals surface area contributed by atoms with Gasteiger partial charge in [0, 0.05) is 32.2 Å². The van der Waals surface area contributed by atoms with Gasteiger partial charge in [-0.1, -0.05) is 0 Å². The molecule has 1 fully saturated rings. The van der Waals surface area contributed by atoms with Crippen LogP contribution in [-0.2, 0) is 0 Å². The largest absolute Gasteiger partial charge is 0.508 e. The second kappa shape index (κ2) is 7.53. The van der Waals surface area contributed by atoms with E-state index in [2.05, 4.69) is 5.32 Å². The van der Waals surface area contributed by atoms with Crippen molar-refractivity contribution in [2.45, 2.75) is 32.5 Å². The van der Waals surface area contributed by atoms with Crippen LogP contribution in [0.3, 0.4) is 0 Å². The van der Waals surface area contributed by atoms with Crippen LogP contribution in [0.5, 0.6) is 5.75 Å². The number of phenolic OH excluding ortho intramolecular Hbond substituents is 1. The van der Waals surface area contributed by atoms with Crippen LogP contribution >= 0.6 is 12.4 Å². The molecule has 126 valence electrons. The van der Waals surface area contributed by atoms with Gasteiger partial charge < -0.3 is 10.4 Å².